The Bertz CT molecular complexity index is 599. The second-order valence-electron chi connectivity index (χ2n) is 3.86. The molecule has 0 bridgehead atoms. The Morgan fingerprint density at radius 2 is 2.00 bits per heavy atom. The number of hydrogen-bond acceptors (Lipinski definition) is 3. The van der Waals surface area contributed by atoms with Crippen molar-refractivity contribution in [3.8, 4) is 5.00 Å². The Balaban J connectivity index is 2.58. The number of amides is 1. The lowest BCUT2D eigenvalue weighted by Gasteiger charge is -2.02. The van der Waals surface area contributed by atoms with E-state index in [1.54, 1.807) is 23.9 Å². The number of thiophene rings is 1. The summed E-state index contributed by atoms with van der Waals surface area (Å²) in [6.07, 6.45) is 3.49. The highest BCUT2D eigenvalue weighted by atomic mass is 32.1. The summed E-state index contributed by atoms with van der Waals surface area (Å²) < 4.78 is 1.77. The Hall–Kier alpha value is -2.08. The van der Waals surface area contributed by atoms with Crippen molar-refractivity contribution in [2.24, 2.45) is 5.73 Å². The van der Waals surface area contributed by atoms with E-state index in [1.807, 2.05) is 12.1 Å². The third-order valence-electron chi connectivity index (χ3n) is 2.62. The van der Waals surface area contributed by atoms with Gasteiger partial charge in [0.2, 0.25) is 0 Å². The third kappa shape index (κ3) is 2.14. The molecule has 0 spiro atoms. The van der Waals surface area contributed by atoms with Crippen LogP contribution in [0.25, 0.3) is 5.00 Å². The average molecular weight is 264 g/mol. The summed E-state index contributed by atoms with van der Waals surface area (Å²) in [6.45, 7) is 1.72. The number of rotatable bonds is 4. The topological polar surface area (TPSA) is 85.3 Å². The predicted octanol–water partition coefficient (Wildman–Crippen LogP) is 1.57. The number of primary amides is 1. The van der Waals surface area contributed by atoms with Gasteiger partial charge in [-0.2, -0.15) is 0 Å². The van der Waals surface area contributed by atoms with E-state index in [4.69, 9.17) is 10.8 Å². The molecule has 0 aliphatic heterocycles. The highest BCUT2D eigenvalue weighted by Crippen LogP contribution is 2.31. The average Bonchev–Trinajstić information content (AvgIpc) is 2.86. The number of nitrogens with zero attached hydrogens (tertiary/aromatic N) is 1. The molecule has 3 N–H and O–H groups in total. The van der Waals surface area contributed by atoms with Crippen LogP contribution in [-0.4, -0.2) is 21.6 Å². The van der Waals surface area contributed by atoms with E-state index in [0.29, 0.717) is 21.0 Å². The number of nitrogens with two attached hydrogens (primary N) is 1. The molecule has 0 saturated carbocycles. The van der Waals surface area contributed by atoms with E-state index >= 15 is 0 Å². The van der Waals surface area contributed by atoms with Gasteiger partial charge in [-0.15, -0.1) is 11.3 Å². The first kappa shape index (κ1) is 12.4. The molecule has 0 saturated heterocycles. The fourth-order valence-corrected chi connectivity index (χ4v) is 3.06. The Kier molecular flexibility index (Phi) is 3.20. The van der Waals surface area contributed by atoms with Crippen molar-refractivity contribution in [2.75, 3.05) is 0 Å². The monoisotopic (exact) mass is 264 g/mol. The Morgan fingerprint density at radius 3 is 2.50 bits per heavy atom. The summed E-state index contributed by atoms with van der Waals surface area (Å²) in [5, 5.41) is 9.51. The smallest absolute Gasteiger partial charge is 0.308 e. The molecule has 6 heteroatoms. The van der Waals surface area contributed by atoms with Crippen molar-refractivity contribution in [1.29, 1.82) is 0 Å². The summed E-state index contributed by atoms with van der Waals surface area (Å²) in [6, 6.07) is 3.66. The molecule has 2 aromatic heterocycles. The molecule has 0 radical (unpaired) electrons. The molecule has 0 aliphatic rings. The maximum Gasteiger partial charge on any atom is 0.308 e. The number of carbonyl (C=O) groups is 2. The molecule has 0 atom stereocenters. The fourth-order valence-electron chi connectivity index (χ4n) is 1.79. The molecule has 5 nitrogen and oxygen atoms in total. The van der Waals surface area contributed by atoms with Crippen LogP contribution in [0.4, 0.5) is 0 Å². The fraction of sp³-hybridized carbons (Fsp3) is 0.167. The van der Waals surface area contributed by atoms with Gasteiger partial charge in [-0.1, -0.05) is 0 Å². The molecule has 2 heterocycles. The Morgan fingerprint density at radius 1 is 1.39 bits per heavy atom. The summed E-state index contributed by atoms with van der Waals surface area (Å²) >= 11 is 1.28. The van der Waals surface area contributed by atoms with Crippen LogP contribution in [0.3, 0.4) is 0 Å². The minimum atomic E-state index is -0.922. The maximum atomic E-state index is 11.5. The van der Waals surface area contributed by atoms with Crippen LogP contribution in [0.5, 0.6) is 0 Å². The lowest BCUT2D eigenvalue weighted by atomic mass is 10.1. The van der Waals surface area contributed by atoms with Crippen LogP contribution in [0, 0.1) is 6.92 Å². The number of carboxylic acid groups (broad SMARTS) is 1. The van der Waals surface area contributed by atoms with Gasteiger partial charge in [-0.3, -0.25) is 9.59 Å². The second kappa shape index (κ2) is 4.66. The molecule has 94 valence electrons. The van der Waals surface area contributed by atoms with Crippen molar-refractivity contribution >= 4 is 23.2 Å². The van der Waals surface area contributed by atoms with E-state index in [2.05, 4.69) is 0 Å². The van der Waals surface area contributed by atoms with Gasteiger partial charge in [0, 0.05) is 17.3 Å². The number of aromatic nitrogens is 1. The highest BCUT2D eigenvalue weighted by molar-refractivity contribution is 7.15. The first-order valence-corrected chi connectivity index (χ1v) is 6.09. The van der Waals surface area contributed by atoms with Gasteiger partial charge in [-0.05, 0) is 24.6 Å². The largest absolute Gasteiger partial charge is 0.481 e. The number of carboxylic acids is 1. The second-order valence-corrected chi connectivity index (χ2v) is 4.94. The molecule has 1 amide bonds. The molecule has 2 rings (SSSR count). The van der Waals surface area contributed by atoms with E-state index in [0.717, 1.165) is 0 Å². The molecule has 2 aromatic rings. The van der Waals surface area contributed by atoms with Gasteiger partial charge in [0.15, 0.2) is 0 Å². The molecule has 18 heavy (non-hydrogen) atoms. The lowest BCUT2D eigenvalue weighted by Crippen LogP contribution is -2.14. The summed E-state index contributed by atoms with van der Waals surface area (Å²) in [5.74, 6) is -1.46. The van der Waals surface area contributed by atoms with Gasteiger partial charge in [-0.25, -0.2) is 0 Å². The van der Waals surface area contributed by atoms with Gasteiger partial charge in [0.25, 0.3) is 5.91 Å². The van der Waals surface area contributed by atoms with Gasteiger partial charge < -0.3 is 15.4 Å². The number of hydrogen-bond donors (Lipinski definition) is 2. The summed E-state index contributed by atoms with van der Waals surface area (Å²) in [4.78, 5) is 22.9. The normalized spacial score (nSPS) is 10.5. The molecule has 0 aliphatic carbocycles. The summed E-state index contributed by atoms with van der Waals surface area (Å²) in [7, 11) is 0. The SMILES string of the molecule is Cc1c(CC(=O)O)sc(-n2cccc2)c1C(N)=O. The summed E-state index contributed by atoms with van der Waals surface area (Å²) in [5.41, 5.74) is 6.42. The van der Waals surface area contributed by atoms with E-state index < -0.39 is 11.9 Å². The minimum absolute atomic E-state index is 0.0992. The maximum absolute atomic E-state index is 11.5. The molecule has 0 aromatic carbocycles. The van der Waals surface area contributed by atoms with Gasteiger partial charge in [0.05, 0.1) is 12.0 Å². The van der Waals surface area contributed by atoms with Crippen LogP contribution < -0.4 is 5.73 Å². The zero-order valence-corrected chi connectivity index (χ0v) is 10.5. The number of aliphatic carboxylic acids is 1. The standard InChI is InChI=1S/C12H12N2O3S/c1-7-8(6-9(15)16)18-12(10(7)11(13)17)14-4-2-3-5-14/h2-5H,6H2,1H3,(H2,13,17)(H,15,16). The Labute approximate surface area is 107 Å². The number of carbonyl (C=O) groups excluding carboxylic acids is 1. The highest BCUT2D eigenvalue weighted by Gasteiger charge is 2.21. The van der Waals surface area contributed by atoms with Crippen molar-refractivity contribution in [3.63, 3.8) is 0 Å². The van der Waals surface area contributed by atoms with Crippen molar-refractivity contribution in [1.82, 2.24) is 4.57 Å². The van der Waals surface area contributed by atoms with E-state index in [-0.39, 0.29) is 6.42 Å². The van der Waals surface area contributed by atoms with Crippen LogP contribution in [0.15, 0.2) is 24.5 Å². The molecule has 0 fully saturated rings. The van der Waals surface area contributed by atoms with E-state index in [1.165, 1.54) is 11.3 Å². The van der Waals surface area contributed by atoms with Gasteiger partial charge in [0.1, 0.15) is 5.00 Å². The van der Waals surface area contributed by atoms with E-state index in [9.17, 15) is 9.59 Å². The third-order valence-corrected chi connectivity index (χ3v) is 3.93. The first-order chi connectivity index (χ1) is 8.50. The van der Waals surface area contributed by atoms with Crippen LogP contribution in [-0.2, 0) is 11.2 Å². The molecular weight excluding hydrogens is 252 g/mol. The zero-order chi connectivity index (χ0) is 13.3. The van der Waals surface area contributed by atoms with Crippen LogP contribution in [0.1, 0.15) is 20.8 Å². The van der Waals surface area contributed by atoms with Crippen molar-refractivity contribution in [2.45, 2.75) is 13.3 Å². The van der Waals surface area contributed by atoms with Crippen molar-refractivity contribution in [3.05, 3.63) is 40.5 Å². The van der Waals surface area contributed by atoms with Crippen LogP contribution in [0.2, 0.25) is 0 Å². The van der Waals surface area contributed by atoms with Crippen molar-refractivity contribution < 1.29 is 14.7 Å². The molecular formula is C12H12N2O3S. The predicted molar refractivity (Wildman–Crippen MR) is 68.2 cm³/mol. The zero-order valence-electron chi connectivity index (χ0n) is 9.71. The van der Waals surface area contributed by atoms with Crippen LogP contribution >= 0.6 is 11.3 Å². The first-order valence-electron chi connectivity index (χ1n) is 5.28. The van der Waals surface area contributed by atoms with Gasteiger partial charge >= 0.3 is 5.97 Å². The lowest BCUT2D eigenvalue weighted by molar-refractivity contribution is -0.136. The quantitative estimate of drug-likeness (QED) is 0.879. The molecule has 0 unspecified atom stereocenters. The minimum Gasteiger partial charge on any atom is -0.481 e.